The lowest BCUT2D eigenvalue weighted by Crippen LogP contribution is -2.27. The van der Waals surface area contributed by atoms with Crippen LogP contribution >= 0.6 is 0 Å². The van der Waals surface area contributed by atoms with E-state index in [0.29, 0.717) is 16.8 Å². The zero-order chi connectivity index (χ0) is 19.2. The Labute approximate surface area is 156 Å². The van der Waals surface area contributed by atoms with E-state index in [1.54, 1.807) is 42.5 Å². The van der Waals surface area contributed by atoms with E-state index in [4.69, 9.17) is 5.73 Å². The summed E-state index contributed by atoms with van der Waals surface area (Å²) in [6.07, 6.45) is 1.42. The second-order valence-corrected chi connectivity index (χ2v) is 5.90. The molecule has 3 rings (SSSR count). The van der Waals surface area contributed by atoms with E-state index in [9.17, 15) is 14.7 Å². The number of anilines is 1. The third kappa shape index (κ3) is 4.41. The molecule has 0 bridgehead atoms. The first-order chi connectivity index (χ1) is 13.0. The van der Waals surface area contributed by atoms with Crippen molar-refractivity contribution in [3.63, 3.8) is 0 Å². The molecular formula is C22H18N2O3. The number of para-hydroxylation sites is 1. The number of carboxylic acid groups (broad SMARTS) is 1. The summed E-state index contributed by atoms with van der Waals surface area (Å²) in [4.78, 5) is 23.8. The molecule has 0 aliphatic heterocycles. The van der Waals surface area contributed by atoms with Crippen LogP contribution in [0.5, 0.6) is 0 Å². The number of nitrogens with one attached hydrogen (secondary N) is 1. The monoisotopic (exact) mass is 358 g/mol. The highest BCUT2D eigenvalue weighted by Gasteiger charge is 2.13. The fourth-order valence-corrected chi connectivity index (χ4v) is 2.66. The lowest BCUT2D eigenvalue weighted by Gasteiger charge is -2.08. The van der Waals surface area contributed by atoms with Crippen molar-refractivity contribution >= 4 is 23.6 Å². The van der Waals surface area contributed by atoms with Gasteiger partial charge in [-0.3, -0.25) is 4.79 Å². The molecule has 0 radical (unpaired) electrons. The van der Waals surface area contributed by atoms with E-state index in [-0.39, 0.29) is 5.70 Å². The molecule has 0 heterocycles. The van der Waals surface area contributed by atoms with Crippen LogP contribution in [0.1, 0.15) is 15.9 Å². The number of hydrogen-bond donors (Lipinski definition) is 3. The first-order valence-corrected chi connectivity index (χ1v) is 8.31. The summed E-state index contributed by atoms with van der Waals surface area (Å²) in [6.45, 7) is 0. The fourth-order valence-electron chi connectivity index (χ4n) is 2.66. The maximum Gasteiger partial charge on any atom is 0.352 e. The van der Waals surface area contributed by atoms with Crippen LogP contribution < -0.4 is 11.1 Å². The van der Waals surface area contributed by atoms with Crippen molar-refractivity contribution in [2.45, 2.75) is 0 Å². The number of amides is 1. The number of nitrogens with two attached hydrogens (primary N) is 1. The van der Waals surface area contributed by atoms with Gasteiger partial charge in [0, 0.05) is 16.8 Å². The first-order valence-electron chi connectivity index (χ1n) is 8.31. The molecule has 27 heavy (non-hydrogen) atoms. The van der Waals surface area contributed by atoms with E-state index in [1.807, 2.05) is 36.4 Å². The van der Waals surface area contributed by atoms with Crippen molar-refractivity contribution in [1.29, 1.82) is 0 Å². The number of hydrogen-bond acceptors (Lipinski definition) is 3. The Balaban J connectivity index is 1.91. The van der Waals surface area contributed by atoms with E-state index in [0.717, 1.165) is 11.1 Å². The second kappa shape index (κ2) is 8.01. The van der Waals surface area contributed by atoms with Crippen molar-refractivity contribution in [2.75, 3.05) is 5.73 Å². The van der Waals surface area contributed by atoms with Crippen LogP contribution in [0.3, 0.4) is 0 Å². The normalized spacial score (nSPS) is 11.0. The number of aliphatic carboxylic acids is 1. The first kappa shape index (κ1) is 17.9. The van der Waals surface area contributed by atoms with Crippen molar-refractivity contribution in [3.05, 3.63) is 95.7 Å². The van der Waals surface area contributed by atoms with Gasteiger partial charge in [-0.05, 0) is 41.5 Å². The highest BCUT2D eigenvalue weighted by Crippen LogP contribution is 2.26. The summed E-state index contributed by atoms with van der Waals surface area (Å²) in [5.41, 5.74) is 9.19. The summed E-state index contributed by atoms with van der Waals surface area (Å²) in [6, 6.07) is 23.2. The Hall–Kier alpha value is -3.86. The Kier molecular flexibility index (Phi) is 5.33. The second-order valence-electron chi connectivity index (χ2n) is 5.90. The van der Waals surface area contributed by atoms with Crippen molar-refractivity contribution in [2.24, 2.45) is 0 Å². The number of carbonyl (C=O) groups is 2. The van der Waals surface area contributed by atoms with Gasteiger partial charge in [-0.15, -0.1) is 0 Å². The van der Waals surface area contributed by atoms with E-state index in [1.165, 1.54) is 6.08 Å². The molecule has 0 spiro atoms. The molecule has 3 aromatic carbocycles. The molecular weight excluding hydrogens is 340 g/mol. The molecule has 0 unspecified atom stereocenters. The van der Waals surface area contributed by atoms with Gasteiger partial charge in [0.05, 0.1) is 0 Å². The van der Waals surface area contributed by atoms with Gasteiger partial charge in [-0.2, -0.15) is 0 Å². The molecule has 134 valence electrons. The minimum Gasteiger partial charge on any atom is -0.477 e. The van der Waals surface area contributed by atoms with Gasteiger partial charge in [0.25, 0.3) is 5.91 Å². The van der Waals surface area contributed by atoms with Crippen LogP contribution in [-0.2, 0) is 4.79 Å². The summed E-state index contributed by atoms with van der Waals surface area (Å²) in [5, 5.41) is 11.9. The molecule has 0 saturated heterocycles. The number of carbonyl (C=O) groups excluding carboxylic acids is 1. The molecule has 4 N–H and O–H groups in total. The number of carboxylic acids is 1. The molecule has 3 aromatic rings. The van der Waals surface area contributed by atoms with Gasteiger partial charge in [-0.1, -0.05) is 54.6 Å². The zero-order valence-electron chi connectivity index (χ0n) is 14.4. The van der Waals surface area contributed by atoms with Gasteiger partial charge >= 0.3 is 5.97 Å². The van der Waals surface area contributed by atoms with Gasteiger partial charge in [0.2, 0.25) is 0 Å². The van der Waals surface area contributed by atoms with Crippen molar-refractivity contribution < 1.29 is 14.7 Å². The maximum absolute atomic E-state index is 12.3. The molecule has 0 saturated carbocycles. The van der Waals surface area contributed by atoms with E-state index < -0.39 is 11.9 Å². The molecule has 0 aliphatic carbocycles. The number of nitrogen functional groups attached to an aromatic ring is 1. The smallest absolute Gasteiger partial charge is 0.352 e. The third-order valence-corrected chi connectivity index (χ3v) is 3.98. The van der Waals surface area contributed by atoms with Crippen LogP contribution in [0.15, 0.2) is 84.6 Å². The van der Waals surface area contributed by atoms with Crippen LogP contribution in [0.4, 0.5) is 5.69 Å². The predicted octanol–water partition coefficient (Wildman–Crippen LogP) is 3.79. The summed E-state index contributed by atoms with van der Waals surface area (Å²) >= 11 is 0. The highest BCUT2D eigenvalue weighted by molar-refractivity contribution is 6.02. The SMILES string of the molecule is Nc1ccccc1-c1cccc(/C=C(/NC(=O)c2ccccc2)C(=O)O)c1. The Morgan fingerprint density at radius 1 is 0.889 bits per heavy atom. The topological polar surface area (TPSA) is 92.4 Å². The predicted molar refractivity (Wildman–Crippen MR) is 106 cm³/mol. The molecule has 5 heteroatoms. The Morgan fingerprint density at radius 3 is 2.30 bits per heavy atom. The fraction of sp³-hybridized carbons (Fsp3) is 0. The van der Waals surface area contributed by atoms with Gasteiger partial charge in [0.1, 0.15) is 5.70 Å². The lowest BCUT2D eigenvalue weighted by molar-refractivity contribution is -0.132. The summed E-state index contributed by atoms with van der Waals surface area (Å²) < 4.78 is 0. The quantitative estimate of drug-likeness (QED) is 0.478. The van der Waals surface area contributed by atoms with Crippen molar-refractivity contribution in [3.8, 4) is 11.1 Å². The summed E-state index contributed by atoms with van der Waals surface area (Å²) in [7, 11) is 0. The molecule has 0 atom stereocenters. The Bertz CT molecular complexity index is 1010. The van der Waals surface area contributed by atoms with E-state index >= 15 is 0 Å². The zero-order valence-corrected chi connectivity index (χ0v) is 14.4. The minimum absolute atomic E-state index is 0.206. The number of benzene rings is 3. The minimum atomic E-state index is -1.22. The molecule has 1 amide bonds. The van der Waals surface area contributed by atoms with Gasteiger partial charge < -0.3 is 16.2 Å². The van der Waals surface area contributed by atoms with Crippen LogP contribution in [-0.4, -0.2) is 17.0 Å². The van der Waals surface area contributed by atoms with Gasteiger partial charge in [-0.25, -0.2) is 4.79 Å². The molecule has 0 aromatic heterocycles. The van der Waals surface area contributed by atoms with Gasteiger partial charge in [0.15, 0.2) is 0 Å². The number of rotatable bonds is 5. The third-order valence-electron chi connectivity index (χ3n) is 3.98. The average molecular weight is 358 g/mol. The van der Waals surface area contributed by atoms with Crippen LogP contribution in [0, 0.1) is 0 Å². The molecule has 0 fully saturated rings. The molecule has 0 aliphatic rings. The standard InChI is InChI=1S/C22H18N2O3/c23-19-12-5-4-11-18(19)17-10-6-7-15(13-17)14-20(22(26)27)24-21(25)16-8-2-1-3-9-16/h1-14H,23H2,(H,24,25)(H,26,27)/b20-14+. The Morgan fingerprint density at radius 2 is 1.59 bits per heavy atom. The average Bonchev–Trinajstić information content (AvgIpc) is 2.68. The lowest BCUT2D eigenvalue weighted by atomic mass is 10.0. The van der Waals surface area contributed by atoms with E-state index in [2.05, 4.69) is 5.32 Å². The van der Waals surface area contributed by atoms with Crippen LogP contribution in [0.25, 0.3) is 17.2 Å². The summed E-state index contributed by atoms with van der Waals surface area (Å²) in [5.74, 6) is -1.70. The highest BCUT2D eigenvalue weighted by atomic mass is 16.4. The maximum atomic E-state index is 12.3. The van der Waals surface area contributed by atoms with Crippen LogP contribution in [0.2, 0.25) is 0 Å². The largest absolute Gasteiger partial charge is 0.477 e. The molecule has 5 nitrogen and oxygen atoms in total. The van der Waals surface area contributed by atoms with Crippen molar-refractivity contribution in [1.82, 2.24) is 5.32 Å².